The Hall–Kier alpha value is -3.18. The van der Waals surface area contributed by atoms with Crippen molar-refractivity contribution in [1.29, 1.82) is 5.26 Å². The minimum absolute atomic E-state index is 0.00694. The lowest BCUT2D eigenvalue weighted by atomic mass is 10.1. The number of nitriles is 1. The van der Waals surface area contributed by atoms with Crippen molar-refractivity contribution in [2.45, 2.75) is 6.54 Å². The van der Waals surface area contributed by atoms with Crippen LogP contribution in [0, 0.1) is 29.1 Å². The van der Waals surface area contributed by atoms with Gasteiger partial charge in [0.15, 0.2) is 0 Å². The second kappa shape index (κ2) is 7.26. The standard InChI is InChI=1S/C22H18BrN5O2/c23-13-2-4-19-15(5-13)16(9-26-19)22(30)28-10-17-18(11-28)20(17)21(29)27-8-14-3-1-12(6-24)7-25-14/h1-5,7,9,17-18,20,26H,8,10-11H2,(H,27,29)/t17-,18+,20?. The fourth-order valence-corrected chi connectivity index (χ4v) is 4.77. The lowest BCUT2D eigenvalue weighted by molar-refractivity contribution is -0.123. The summed E-state index contributed by atoms with van der Waals surface area (Å²) in [6, 6.07) is 11.3. The van der Waals surface area contributed by atoms with Crippen LogP contribution in [0.5, 0.6) is 0 Å². The van der Waals surface area contributed by atoms with Gasteiger partial charge in [0.25, 0.3) is 5.91 Å². The molecule has 5 rings (SSSR count). The molecule has 0 bridgehead atoms. The summed E-state index contributed by atoms with van der Waals surface area (Å²) in [5.41, 5.74) is 2.81. The number of pyridine rings is 1. The topological polar surface area (TPSA) is 102 Å². The van der Waals surface area contributed by atoms with E-state index in [1.165, 1.54) is 6.20 Å². The molecule has 30 heavy (non-hydrogen) atoms. The van der Waals surface area contributed by atoms with Gasteiger partial charge in [-0.2, -0.15) is 5.26 Å². The molecule has 2 aromatic heterocycles. The van der Waals surface area contributed by atoms with E-state index in [0.717, 1.165) is 21.1 Å². The van der Waals surface area contributed by atoms with E-state index < -0.39 is 0 Å². The number of aromatic nitrogens is 2. The molecule has 1 saturated carbocycles. The minimum Gasteiger partial charge on any atom is -0.360 e. The number of hydrogen-bond acceptors (Lipinski definition) is 4. The number of amides is 2. The van der Waals surface area contributed by atoms with Gasteiger partial charge in [-0.15, -0.1) is 0 Å². The predicted octanol–water partition coefficient (Wildman–Crippen LogP) is 2.83. The van der Waals surface area contributed by atoms with Crippen LogP contribution in [0.1, 0.15) is 21.6 Å². The van der Waals surface area contributed by atoms with E-state index >= 15 is 0 Å². The van der Waals surface area contributed by atoms with Crippen LogP contribution in [0.2, 0.25) is 0 Å². The molecule has 8 heteroatoms. The fraction of sp³-hybridized carbons (Fsp3) is 0.273. The number of aromatic amines is 1. The molecule has 1 saturated heterocycles. The van der Waals surface area contributed by atoms with E-state index in [2.05, 4.69) is 31.2 Å². The molecule has 2 aliphatic rings. The highest BCUT2D eigenvalue weighted by atomic mass is 79.9. The molecule has 1 aromatic carbocycles. The van der Waals surface area contributed by atoms with Gasteiger partial charge in [-0.3, -0.25) is 14.6 Å². The maximum atomic E-state index is 13.0. The molecule has 0 radical (unpaired) electrons. The van der Waals surface area contributed by atoms with E-state index in [1.807, 2.05) is 29.2 Å². The van der Waals surface area contributed by atoms with Gasteiger partial charge in [0.05, 0.1) is 23.4 Å². The van der Waals surface area contributed by atoms with Gasteiger partial charge in [-0.05, 0) is 42.2 Å². The van der Waals surface area contributed by atoms with Crippen LogP contribution in [-0.4, -0.2) is 39.8 Å². The van der Waals surface area contributed by atoms with E-state index in [1.54, 1.807) is 18.3 Å². The third kappa shape index (κ3) is 3.25. The van der Waals surface area contributed by atoms with Gasteiger partial charge in [0, 0.05) is 46.8 Å². The summed E-state index contributed by atoms with van der Waals surface area (Å²) in [6.45, 7) is 1.56. The number of carbonyl (C=O) groups excluding carboxylic acids is 2. The number of fused-ring (bicyclic) bond motifs is 2. The highest BCUT2D eigenvalue weighted by Gasteiger charge is 2.60. The normalized spacial score (nSPS) is 21.9. The molecule has 1 unspecified atom stereocenters. The molecule has 2 amide bonds. The Balaban J connectivity index is 1.18. The zero-order valence-electron chi connectivity index (χ0n) is 15.9. The first-order chi connectivity index (χ1) is 14.5. The lowest BCUT2D eigenvalue weighted by Crippen LogP contribution is -2.35. The van der Waals surface area contributed by atoms with Crippen molar-refractivity contribution < 1.29 is 9.59 Å². The van der Waals surface area contributed by atoms with Crippen molar-refractivity contribution in [3.63, 3.8) is 0 Å². The van der Waals surface area contributed by atoms with Crippen molar-refractivity contribution in [3.05, 3.63) is 64.0 Å². The Kier molecular flexibility index (Phi) is 4.55. The average Bonchev–Trinajstić information content (AvgIpc) is 3.09. The molecule has 2 N–H and O–H groups in total. The second-order valence-corrected chi connectivity index (χ2v) is 8.74. The van der Waals surface area contributed by atoms with Crippen LogP contribution in [0.25, 0.3) is 10.9 Å². The average molecular weight is 464 g/mol. The predicted molar refractivity (Wildman–Crippen MR) is 113 cm³/mol. The Morgan fingerprint density at radius 2 is 2.07 bits per heavy atom. The van der Waals surface area contributed by atoms with Crippen LogP contribution >= 0.6 is 15.9 Å². The number of hydrogen-bond donors (Lipinski definition) is 2. The summed E-state index contributed by atoms with van der Waals surface area (Å²) in [5.74, 6) is 0.427. The molecular formula is C22H18BrN5O2. The van der Waals surface area contributed by atoms with Crippen molar-refractivity contribution in [2.24, 2.45) is 17.8 Å². The number of H-pyrrole nitrogens is 1. The maximum Gasteiger partial charge on any atom is 0.256 e. The Morgan fingerprint density at radius 1 is 1.27 bits per heavy atom. The lowest BCUT2D eigenvalue weighted by Gasteiger charge is -2.19. The van der Waals surface area contributed by atoms with Gasteiger partial charge in [0.1, 0.15) is 6.07 Å². The van der Waals surface area contributed by atoms with E-state index in [9.17, 15) is 9.59 Å². The van der Waals surface area contributed by atoms with Crippen LogP contribution in [-0.2, 0) is 11.3 Å². The number of piperidine rings is 1. The molecule has 7 nitrogen and oxygen atoms in total. The smallest absolute Gasteiger partial charge is 0.256 e. The number of halogens is 1. The first kappa shape index (κ1) is 18.8. The number of carbonyl (C=O) groups is 2. The maximum absolute atomic E-state index is 13.0. The van der Waals surface area contributed by atoms with Gasteiger partial charge in [-0.25, -0.2) is 0 Å². The van der Waals surface area contributed by atoms with Crippen molar-refractivity contribution in [1.82, 2.24) is 20.2 Å². The largest absolute Gasteiger partial charge is 0.360 e. The summed E-state index contributed by atoms with van der Waals surface area (Å²) >= 11 is 3.46. The first-order valence-corrected chi connectivity index (χ1v) is 10.5. The molecule has 3 heterocycles. The van der Waals surface area contributed by atoms with Crippen molar-refractivity contribution in [2.75, 3.05) is 13.1 Å². The second-order valence-electron chi connectivity index (χ2n) is 7.82. The SMILES string of the molecule is N#Cc1ccc(CNC(=O)C2[C@H]3CN(C(=O)c4c[nH]c5ccc(Br)cc45)C[C@@H]23)nc1. The Labute approximate surface area is 181 Å². The highest BCUT2D eigenvalue weighted by Crippen LogP contribution is 2.52. The van der Waals surface area contributed by atoms with Gasteiger partial charge >= 0.3 is 0 Å². The molecular weight excluding hydrogens is 446 g/mol. The molecule has 0 spiro atoms. The summed E-state index contributed by atoms with van der Waals surface area (Å²) in [5, 5.41) is 12.6. The summed E-state index contributed by atoms with van der Waals surface area (Å²) in [6.07, 6.45) is 3.26. The summed E-state index contributed by atoms with van der Waals surface area (Å²) < 4.78 is 0.932. The molecule has 1 aliphatic heterocycles. The fourth-order valence-electron chi connectivity index (χ4n) is 4.41. The van der Waals surface area contributed by atoms with Gasteiger partial charge in [0.2, 0.25) is 5.91 Å². The molecule has 3 aromatic rings. The number of likely N-dealkylation sites (tertiary alicyclic amines) is 1. The molecule has 2 fully saturated rings. The van der Waals surface area contributed by atoms with Gasteiger partial charge < -0.3 is 15.2 Å². The zero-order valence-corrected chi connectivity index (χ0v) is 17.5. The van der Waals surface area contributed by atoms with E-state index in [4.69, 9.17) is 5.26 Å². The Bertz CT molecular complexity index is 1180. The third-order valence-electron chi connectivity index (χ3n) is 6.06. The molecule has 1 aliphatic carbocycles. The van der Waals surface area contributed by atoms with Crippen LogP contribution < -0.4 is 5.32 Å². The Morgan fingerprint density at radius 3 is 2.77 bits per heavy atom. The van der Waals surface area contributed by atoms with Crippen LogP contribution in [0.4, 0.5) is 0 Å². The van der Waals surface area contributed by atoms with Crippen molar-refractivity contribution in [3.8, 4) is 6.07 Å². The van der Waals surface area contributed by atoms with E-state index in [-0.39, 0.29) is 29.6 Å². The zero-order chi connectivity index (χ0) is 20.8. The quantitative estimate of drug-likeness (QED) is 0.620. The van der Waals surface area contributed by atoms with Gasteiger partial charge in [-0.1, -0.05) is 15.9 Å². The summed E-state index contributed by atoms with van der Waals surface area (Å²) in [7, 11) is 0. The van der Waals surface area contributed by atoms with Crippen molar-refractivity contribution >= 4 is 38.6 Å². The number of rotatable bonds is 4. The number of nitrogens with one attached hydrogen (secondary N) is 2. The van der Waals surface area contributed by atoms with E-state index in [0.29, 0.717) is 30.8 Å². The highest BCUT2D eigenvalue weighted by molar-refractivity contribution is 9.10. The number of nitrogens with zero attached hydrogens (tertiary/aromatic N) is 3. The monoisotopic (exact) mass is 463 g/mol. The minimum atomic E-state index is -0.0375. The summed E-state index contributed by atoms with van der Waals surface area (Å²) in [4.78, 5) is 34.7. The number of benzene rings is 1. The van der Waals surface area contributed by atoms with Crippen LogP contribution in [0.15, 0.2) is 47.2 Å². The third-order valence-corrected chi connectivity index (χ3v) is 6.55. The molecule has 3 atom stereocenters. The molecule has 150 valence electrons. The van der Waals surface area contributed by atoms with Crippen LogP contribution in [0.3, 0.4) is 0 Å². The first-order valence-electron chi connectivity index (χ1n) is 9.74.